The van der Waals surface area contributed by atoms with E-state index in [4.69, 9.17) is 9.26 Å². The van der Waals surface area contributed by atoms with Crippen LogP contribution < -0.4 is 4.74 Å². The van der Waals surface area contributed by atoms with Crippen molar-refractivity contribution in [2.45, 2.75) is 12.3 Å². The molecule has 0 atom stereocenters. The highest BCUT2D eigenvalue weighted by atomic mass is 16.5. The van der Waals surface area contributed by atoms with Crippen molar-refractivity contribution >= 4 is 5.91 Å². The molecule has 0 unspecified atom stereocenters. The first-order chi connectivity index (χ1) is 12.7. The van der Waals surface area contributed by atoms with Crippen LogP contribution in [0.2, 0.25) is 0 Å². The smallest absolute Gasteiger partial charge is 0.233 e. The first-order valence-corrected chi connectivity index (χ1v) is 8.23. The fourth-order valence-corrected chi connectivity index (χ4v) is 2.83. The molecule has 26 heavy (non-hydrogen) atoms. The number of likely N-dealkylation sites (tertiary alicyclic amines) is 1. The van der Waals surface area contributed by atoms with Crippen molar-refractivity contribution in [1.29, 1.82) is 0 Å². The summed E-state index contributed by atoms with van der Waals surface area (Å²) in [6, 6.07) is 7.54. The van der Waals surface area contributed by atoms with E-state index in [2.05, 4.69) is 20.1 Å². The molecule has 0 spiro atoms. The van der Waals surface area contributed by atoms with Gasteiger partial charge in [0.2, 0.25) is 17.6 Å². The Morgan fingerprint density at radius 2 is 2.23 bits per heavy atom. The van der Waals surface area contributed by atoms with Gasteiger partial charge in [-0.05, 0) is 17.7 Å². The molecule has 1 amide bonds. The zero-order valence-electron chi connectivity index (χ0n) is 14.2. The van der Waals surface area contributed by atoms with E-state index in [9.17, 15) is 4.79 Å². The Hall–Kier alpha value is -3.29. The Balaban J connectivity index is 1.35. The first kappa shape index (κ1) is 16.2. The lowest BCUT2D eigenvalue weighted by Crippen LogP contribution is -2.49. The Bertz CT molecular complexity index is 906. The molecule has 1 aliphatic rings. The Kier molecular flexibility index (Phi) is 4.30. The van der Waals surface area contributed by atoms with Gasteiger partial charge >= 0.3 is 0 Å². The minimum Gasteiger partial charge on any atom is -0.497 e. The topological polar surface area (TPSA) is 94.2 Å². The summed E-state index contributed by atoms with van der Waals surface area (Å²) in [5.74, 6) is 1.81. The third-order valence-corrected chi connectivity index (χ3v) is 4.31. The molecule has 8 heteroatoms. The number of rotatable bonds is 5. The highest BCUT2D eigenvalue weighted by Crippen LogP contribution is 2.27. The molecule has 0 bridgehead atoms. The number of hydrogen-bond donors (Lipinski definition) is 0. The van der Waals surface area contributed by atoms with Crippen LogP contribution in [0, 0.1) is 0 Å². The second-order valence-electron chi connectivity index (χ2n) is 6.07. The lowest BCUT2D eigenvalue weighted by Gasteiger charge is -2.37. The molecular formula is C18H17N5O3. The van der Waals surface area contributed by atoms with E-state index in [0.717, 1.165) is 11.3 Å². The quantitative estimate of drug-likeness (QED) is 0.690. The van der Waals surface area contributed by atoms with Crippen molar-refractivity contribution in [3.63, 3.8) is 0 Å². The Labute approximate surface area is 149 Å². The van der Waals surface area contributed by atoms with Crippen LogP contribution in [0.25, 0.3) is 11.5 Å². The van der Waals surface area contributed by atoms with Gasteiger partial charge < -0.3 is 14.2 Å². The molecule has 0 radical (unpaired) electrons. The van der Waals surface area contributed by atoms with E-state index in [-0.39, 0.29) is 11.8 Å². The second kappa shape index (κ2) is 6.91. The lowest BCUT2D eigenvalue weighted by atomic mass is 9.98. The molecule has 0 aliphatic carbocycles. The number of aromatic nitrogens is 4. The van der Waals surface area contributed by atoms with Crippen molar-refractivity contribution in [3.05, 3.63) is 54.3 Å². The van der Waals surface area contributed by atoms with Crippen molar-refractivity contribution in [3.8, 4) is 17.3 Å². The maximum Gasteiger partial charge on any atom is 0.233 e. The summed E-state index contributed by atoms with van der Waals surface area (Å²) in [5.41, 5.74) is 1.49. The van der Waals surface area contributed by atoms with Gasteiger partial charge in [0.1, 0.15) is 11.4 Å². The molecule has 2 aromatic heterocycles. The van der Waals surface area contributed by atoms with Gasteiger partial charge in [0.05, 0.1) is 25.6 Å². The molecule has 3 heterocycles. The minimum absolute atomic E-state index is 0.0576. The number of hydrogen-bond acceptors (Lipinski definition) is 7. The molecule has 0 N–H and O–H groups in total. The average molecular weight is 351 g/mol. The van der Waals surface area contributed by atoms with E-state index in [1.165, 1.54) is 0 Å². The van der Waals surface area contributed by atoms with Crippen LogP contribution >= 0.6 is 0 Å². The average Bonchev–Trinajstić information content (AvgIpc) is 3.11. The van der Waals surface area contributed by atoms with E-state index in [1.807, 2.05) is 24.3 Å². The first-order valence-electron chi connectivity index (χ1n) is 8.23. The molecule has 1 aromatic carbocycles. The van der Waals surface area contributed by atoms with E-state index < -0.39 is 0 Å². The third-order valence-electron chi connectivity index (χ3n) is 4.31. The predicted octanol–water partition coefficient (Wildman–Crippen LogP) is 1.70. The van der Waals surface area contributed by atoms with Gasteiger partial charge in [-0.15, -0.1) is 0 Å². The predicted molar refractivity (Wildman–Crippen MR) is 91.3 cm³/mol. The summed E-state index contributed by atoms with van der Waals surface area (Å²) >= 11 is 0. The summed E-state index contributed by atoms with van der Waals surface area (Å²) in [6.45, 7) is 1.15. The van der Waals surface area contributed by atoms with E-state index >= 15 is 0 Å². The molecule has 1 fully saturated rings. The van der Waals surface area contributed by atoms with Gasteiger partial charge in [0.25, 0.3) is 0 Å². The maximum atomic E-state index is 12.4. The molecule has 4 rings (SSSR count). The number of carbonyl (C=O) groups excluding carboxylic acids is 1. The molecule has 3 aromatic rings. The number of ether oxygens (including phenoxy) is 1. The minimum atomic E-state index is 0.0576. The summed E-state index contributed by atoms with van der Waals surface area (Å²) in [6.07, 6.45) is 5.09. The van der Waals surface area contributed by atoms with Crippen LogP contribution in [0.4, 0.5) is 0 Å². The van der Waals surface area contributed by atoms with Crippen molar-refractivity contribution in [2.24, 2.45) is 0 Å². The molecule has 8 nitrogen and oxygen atoms in total. The molecule has 0 saturated carbocycles. The van der Waals surface area contributed by atoms with E-state index in [0.29, 0.717) is 36.9 Å². The number of benzene rings is 1. The van der Waals surface area contributed by atoms with E-state index in [1.54, 1.807) is 30.6 Å². The van der Waals surface area contributed by atoms with Gasteiger partial charge in [-0.3, -0.25) is 9.78 Å². The summed E-state index contributed by atoms with van der Waals surface area (Å²) in [4.78, 5) is 26.7. The van der Waals surface area contributed by atoms with Gasteiger partial charge in [-0.25, -0.2) is 4.98 Å². The Morgan fingerprint density at radius 3 is 3.00 bits per heavy atom. The summed E-state index contributed by atoms with van der Waals surface area (Å²) in [5, 5.41) is 3.94. The number of nitrogens with zero attached hydrogens (tertiary/aromatic N) is 5. The zero-order valence-corrected chi connectivity index (χ0v) is 14.2. The highest BCUT2D eigenvalue weighted by Gasteiger charge is 2.35. The lowest BCUT2D eigenvalue weighted by molar-refractivity contribution is -0.135. The van der Waals surface area contributed by atoms with Crippen molar-refractivity contribution < 1.29 is 14.1 Å². The fraction of sp³-hybridized carbons (Fsp3) is 0.278. The SMILES string of the molecule is COc1cccc(CC(=O)N2CC(c3nc(-c4cnccn4)no3)C2)c1. The maximum absolute atomic E-state index is 12.4. The molecule has 1 aliphatic heterocycles. The molecular weight excluding hydrogens is 334 g/mol. The van der Waals surface area contributed by atoms with Gasteiger partial charge in [-0.2, -0.15) is 4.98 Å². The van der Waals surface area contributed by atoms with Crippen LogP contribution in [0.3, 0.4) is 0 Å². The second-order valence-corrected chi connectivity index (χ2v) is 6.07. The van der Waals surface area contributed by atoms with Crippen LogP contribution in [0.15, 0.2) is 47.4 Å². The van der Waals surface area contributed by atoms with Crippen LogP contribution in [0.1, 0.15) is 17.4 Å². The van der Waals surface area contributed by atoms with Gasteiger partial charge in [0, 0.05) is 25.5 Å². The largest absolute Gasteiger partial charge is 0.497 e. The summed E-state index contributed by atoms with van der Waals surface area (Å²) in [7, 11) is 1.61. The fourth-order valence-electron chi connectivity index (χ4n) is 2.83. The third kappa shape index (κ3) is 3.26. The zero-order chi connectivity index (χ0) is 17.9. The van der Waals surface area contributed by atoms with Crippen LogP contribution in [-0.4, -0.2) is 51.1 Å². The van der Waals surface area contributed by atoms with Crippen molar-refractivity contribution in [1.82, 2.24) is 25.0 Å². The number of carbonyl (C=O) groups is 1. The Morgan fingerprint density at radius 1 is 1.35 bits per heavy atom. The monoisotopic (exact) mass is 351 g/mol. The van der Waals surface area contributed by atoms with Crippen LogP contribution in [0.5, 0.6) is 5.75 Å². The molecule has 1 saturated heterocycles. The molecule has 132 valence electrons. The normalized spacial score (nSPS) is 14.1. The summed E-state index contributed by atoms with van der Waals surface area (Å²) < 4.78 is 10.5. The highest BCUT2D eigenvalue weighted by molar-refractivity contribution is 5.79. The van der Waals surface area contributed by atoms with Gasteiger partial charge in [0.15, 0.2) is 0 Å². The van der Waals surface area contributed by atoms with Crippen molar-refractivity contribution in [2.75, 3.05) is 20.2 Å². The number of amides is 1. The van der Waals surface area contributed by atoms with Crippen LogP contribution in [-0.2, 0) is 11.2 Å². The standard InChI is InChI=1S/C18H17N5O3/c1-25-14-4-2-3-12(7-14)8-16(24)23-10-13(11-23)18-21-17(22-26-18)15-9-19-5-6-20-15/h2-7,9,13H,8,10-11H2,1H3. The number of methoxy groups -OCH3 is 1. The van der Waals surface area contributed by atoms with Gasteiger partial charge in [-0.1, -0.05) is 17.3 Å².